The van der Waals surface area contributed by atoms with Crippen molar-refractivity contribution in [2.24, 2.45) is 0 Å². The summed E-state index contributed by atoms with van der Waals surface area (Å²) < 4.78 is 8.26. The van der Waals surface area contributed by atoms with Crippen LogP contribution in [-0.4, -0.2) is 40.1 Å². The fraction of sp³-hybridized carbons (Fsp3) is 0.440. The molecule has 0 aliphatic carbocycles. The zero-order valence-electron chi connectivity index (χ0n) is 18.0. The number of carbonyl (C=O) groups is 1. The Balaban J connectivity index is 1.51. The lowest BCUT2D eigenvalue weighted by molar-refractivity contribution is -0.127. The van der Waals surface area contributed by atoms with E-state index in [1.165, 1.54) is 5.56 Å². The van der Waals surface area contributed by atoms with Crippen molar-refractivity contribution in [2.45, 2.75) is 52.0 Å². The molecule has 1 fully saturated rings. The number of nitrogens with zero attached hydrogens (tertiary/aromatic N) is 3. The van der Waals surface area contributed by atoms with Gasteiger partial charge in [-0.15, -0.1) is 0 Å². The van der Waals surface area contributed by atoms with Gasteiger partial charge in [-0.05, 0) is 42.7 Å². The normalized spacial score (nSPS) is 16.5. The summed E-state index contributed by atoms with van der Waals surface area (Å²) in [6.45, 7) is 7.21. The molecule has 1 amide bonds. The van der Waals surface area contributed by atoms with Crippen LogP contribution in [0.5, 0.6) is 5.75 Å². The predicted molar refractivity (Wildman–Crippen MR) is 120 cm³/mol. The summed E-state index contributed by atoms with van der Waals surface area (Å²) in [4.78, 5) is 19.4. The Kier molecular flexibility index (Phi) is 6.36. The van der Waals surface area contributed by atoms with Gasteiger partial charge in [0.2, 0.25) is 5.91 Å². The summed E-state index contributed by atoms with van der Waals surface area (Å²) in [5.41, 5.74) is 3.40. The molecule has 0 unspecified atom stereocenters. The van der Waals surface area contributed by atoms with Crippen molar-refractivity contribution >= 4 is 16.9 Å². The number of ether oxygens (including phenoxy) is 1. The van der Waals surface area contributed by atoms with Gasteiger partial charge < -0.3 is 14.2 Å². The molecule has 5 heteroatoms. The first kappa shape index (κ1) is 20.5. The number of benzene rings is 2. The molecule has 0 saturated carbocycles. The second-order valence-electron chi connectivity index (χ2n) is 8.05. The van der Waals surface area contributed by atoms with Crippen molar-refractivity contribution in [1.82, 2.24) is 14.5 Å². The van der Waals surface area contributed by atoms with Crippen LogP contribution in [0.25, 0.3) is 11.0 Å². The van der Waals surface area contributed by atoms with Gasteiger partial charge in [0.25, 0.3) is 0 Å². The summed E-state index contributed by atoms with van der Waals surface area (Å²) in [6, 6.07) is 16.5. The van der Waals surface area contributed by atoms with Crippen LogP contribution < -0.4 is 4.74 Å². The Morgan fingerprint density at radius 2 is 1.87 bits per heavy atom. The average molecular weight is 406 g/mol. The highest BCUT2D eigenvalue weighted by Gasteiger charge is 2.33. The van der Waals surface area contributed by atoms with E-state index in [-0.39, 0.29) is 11.8 Å². The number of amides is 1. The Labute approximate surface area is 178 Å². The predicted octanol–water partition coefficient (Wildman–Crippen LogP) is 4.79. The lowest BCUT2D eigenvalue weighted by Crippen LogP contribution is -2.26. The van der Waals surface area contributed by atoms with Gasteiger partial charge in [-0.3, -0.25) is 4.79 Å². The molecule has 1 aliphatic heterocycles. The van der Waals surface area contributed by atoms with Gasteiger partial charge in [-0.25, -0.2) is 4.98 Å². The number of imidazole rings is 1. The molecule has 1 saturated heterocycles. The van der Waals surface area contributed by atoms with E-state index in [9.17, 15) is 4.79 Å². The smallest absolute Gasteiger partial charge is 0.223 e. The van der Waals surface area contributed by atoms with Gasteiger partial charge in [0.05, 0.1) is 17.6 Å². The quantitative estimate of drug-likeness (QED) is 0.514. The highest BCUT2D eigenvalue weighted by Crippen LogP contribution is 2.30. The Hall–Kier alpha value is -2.82. The number of para-hydroxylation sites is 2. The fourth-order valence-corrected chi connectivity index (χ4v) is 4.23. The summed E-state index contributed by atoms with van der Waals surface area (Å²) >= 11 is 0. The lowest BCUT2D eigenvalue weighted by Gasteiger charge is -2.17. The summed E-state index contributed by atoms with van der Waals surface area (Å²) in [7, 11) is 0. The second kappa shape index (κ2) is 9.33. The molecule has 3 aromatic rings. The lowest BCUT2D eigenvalue weighted by atomic mass is 10.1. The van der Waals surface area contributed by atoms with Crippen molar-refractivity contribution in [3.63, 3.8) is 0 Å². The molecule has 2 aromatic carbocycles. The molecule has 30 heavy (non-hydrogen) atoms. The minimum atomic E-state index is 0.144. The molecule has 1 aromatic heterocycles. The number of aromatic nitrogens is 2. The van der Waals surface area contributed by atoms with E-state index in [0.29, 0.717) is 19.6 Å². The number of hydrogen-bond acceptors (Lipinski definition) is 3. The number of carbonyl (C=O) groups excluding carboxylic acids is 1. The van der Waals surface area contributed by atoms with Crippen LogP contribution >= 0.6 is 0 Å². The highest BCUT2D eigenvalue weighted by molar-refractivity contribution is 5.80. The maximum atomic E-state index is 12.5. The molecule has 0 bridgehead atoms. The number of aryl methyl sites for hydroxylation is 1. The fourth-order valence-electron chi connectivity index (χ4n) is 4.23. The van der Waals surface area contributed by atoms with Crippen LogP contribution in [0.3, 0.4) is 0 Å². The van der Waals surface area contributed by atoms with Gasteiger partial charge in [-0.1, -0.05) is 44.5 Å². The van der Waals surface area contributed by atoms with E-state index in [1.807, 2.05) is 35.2 Å². The van der Waals surface area contributed by atoms with Crippen LogP contribution in [0.15, 0.2) is 48.5 Å². The van der Waals surface area contributed by atoms with Gasteiger partial charge in [-0.2, -0.15) is 0 Å². The Morgan fingerprint density at radius 1 is 1.07 bits per heavy atom. The number of fused-ring (bicyclic) bond motifs is 1. The molecule has 1 aliphatic rings. The molecule has 5 nitrogen and oxygen atoms in total. The minimum absolute atomic E-state index is 0.144. The first-order valence-corrected chi connectivity index (χ1v) is 11.1. The van der Waals surface area contributed by atoms with Crippen LogP contribution in [0, 0.1) is 0 Å². The SMILES string of the molecule is CCCCN1C[C@@H](c2nc3ccccc3n2CCOc2ccc(CC)cc2)CC1=O. The Morgan fingerprint density at radius 3 is 2.63 bits per heavy atom. The molecule has 158 valence electrons. The van der Waals surface area contributed by atoms with Crippen LogP contribution in [-0.2, 0) is 17.8 Å². The number of hydrogen-bond donors (Lipinski definition) is 0. The van der Waals surface area contributed by atoms with Crippen molar-refractivity contribution in [2.75, 3.05) is 19.7 Å². The maximum Gasteiger partial charge on any atom is 0.223 e. The zero-order chi connectivity index (χ0) is 20.9. The van der Waals surface area contributed by atoms with Crippen molar-refractivity contribution in [3.05, 3.63) is 59.9 Å². The first-order chi connectivity index (χ1) is 14.7. The van der Waals surface area contributed by atoms with Gasteiger partial charge in [0.15, 0.2) is 0 Å². The standard InChI is InChI=1S/C25H31N3O2/c1-3-5-14-27-18-20(17-24(27)29)25-26-22-8-6-7-9-23(22)28(25)15-16-30-21-12-10-19(4-2)11-13-21/h6-13,20H,3-5,14-18H2,1-2H3/t20-/m0/s1. The third kappa shape index (κ3) is 4.35. The average Bonchev–Trinajstić information content (AvgIpc) is 3.33. The van der Waals surface area contributed by atoms with Crippen molar-refractivity contribution in [1.29, 1.82) is 0 Å². The summed E-state index contributed by atoms with van der Waals surface area (Å²) in [5, 5.41) is 0. The molecule has 0 spiro atoms. The summed E-state index contributed by atoms with van der Waals surface area (Å²) in [6.07, 6.45) is 3.73. The molecular weight excluding hydrogens is 374 g/mol. The largest absolute Gasteiger partial charge is 0.492 e. The molecular formula is C25H31N3O2. The van der Waals surface area contributed by atoms with Gasteiger partial charge in [0, 0.05) is 25.4 Å². The van der Waals surface area contributed by atoms with E-state index >= 15 is 0 Å². The Bertz CT molecular complexity index is 993. The van der Waals surface area contributed by atoms with E-state index in [2.05, 4.69) is 36.6 Å². The topological polar surface area (TPSA) is 47.4 Å². The van der Waals surface area contributed by atoms with E-state index in [4.69, 9.17) is 9.72 Å². The molecule has 0 N–H and O–H groups in total. The third-order valence-electron chi connectivity index (χ3n) is 5.96. The monoisotopic (exact) mass is 405 g/mol. The van der Waals surface area contributed by atoms with Crippen molar-refractivity contribution in [3.8, 4) is 5.75 Å². The molecule has 2 heterocycles. The third-order valence-corrected chi connectivity index (χ3v) is 5.96. The van der Waals surface area contributed by atoms with E-state index < -0.39 is 0 Å². The molecule has 0 radical (unpaired) electrons. The van der Waals surface area contributed by atoms with E-state index in [0.717, 1.165) is 55.0 Å². The summed E-state index contributed by atoms with van der Waals surface area (Å²) in [5.74, 6) is 2.29. The van der Waals surface area contributed by atoms with Gasteiger partial charge in [0.1, 0.15) is 18.2 Å². The first-order valence-electron chi connectivity index (χ1n) is 11.1. The van der Waals surface area contributed by atoms with Crippen LogP contribution in [0.4, 0.5) is 0 Å². The number of unbranched alkanes of at least 4 members (excludes halogenated alkanes) is 1. The zero-order valence-corrected chi connectivity index (χ0v) is 18.0. The maximum absolute atomic E-state index is 12.5. The van der Waals surface area contributed by atoms with Gasteiger partial charge >= 0.3 is 0 Å². The van der Waals surface area contributed by atoms with Crippen LogP contribution in [0.2, 0.25) is 0 Å². The van der Waals surface area contributed by atoms with E-state index in [1.54, 1.807) is 0 Å². The number of likely N-dealkylation sites (tertiary alicyclic amines) is 1. The molecule has 1 atom stereocenters. The highest BCUT2D eigenvalue weighted by atomic mass is 16.5. The van der Waals surface area contributed by atoms with Crippen LogP contribution in [0.1, 0.15) is 50.4 Å². The number of rotatable bonds is 9. The van der Waals surface area contributed by atoms with Crippen molar-refractivity contribution < 1.29 is 9.53 Å². The molecule has 4 rings (SSSR count). The minimum Gasteiger partial charge on any atom is -0.492 e. The second-order valence-corrected chi connectivity index (χ2v) is 8.05.